The van der Waals surface area contributed by atoms with Crippen LogP contribution in [0.4, 0.5) is 0 Å². The molecule has 1 N–H and O–H groups in total. The Morgan fingerprint density at radius 2 is 1.89 bits per heavy atom. The van der Waals surface area contributed by atoms with E-state index in [1.165, 1.54) is 0 Å². The molecule has 1 fully saturated rings. The molecular weight excluding hydrogens is 226 g/mol. The van der Waals surface area contributed by atoms with Gasteiger partial charge in [0.05, 0.1) is 18.9 Å². The molecule has 3 heteroatoms. The van der Waals surface area contributed by atoms with Crippen LogP contribution in [0.1, 0.15) is 46.3 Å². The van der Waals surface area contributed by atoms with Crippen LogP contribution >= 0.6 is 0 Å². The number of aromatic nitrogens is 1. The van der Waals surface area contributed by atoms with Gasteiger partial charge in [-0.2, -0.15) is 0 Å². The zero-order valence-corrected chi connectivity index (χ0v) is 11.9. The molecule has 100 valence electrons. The molecule has 0 saturated heterocycles. The Labute approximate surface area is 109 Å². The van der Waals surface area contributed by atoms with E-state index in [2.05, 4.69) is 32.7 Å². The third kappa shape index (κ3) is 1.91. The second-order valence-electron chi connectivity index (χ2n) is 6.25. The highest BCUT2D eigenvalue weighted by Gasteiger charge is 2.67. The molecule has 0 radical (unpaired) electrons. The SMILES string of the molecule is CCOc1cncc(C(O)C2C(C)(C)C2(C)C)c1. The van der Waals surface area contributed by atoms with Gasteiger partial charge in [0.2, 0.25) is 0 Å². The lowest BCUT2D eigenvalue weighted by Crippen LogP contribution is -2.06. The zero-order valence-electron chi connectivity index (χ0n) is 11.9. The van der Waals surface area contributed by atoms with Crippen molar-refractivity contribution >= 4 is 0 Å². The van der Waals surface area contributed by atoms with E-state index in [0.717, 1.165) is 11.3 Å². The largest absolute Gasteiger partial charge is 0.492 e. The minimum Gasteiger partial charge on any atom is -0.492 e. The van der Waals surface area contributed by atoms with Crippen LogP contribution in [0.3, 0.4) is 0 Å². The average molecular weight is 249 g/mol. The van der Waals surface area contributed by atoms with E-state index in [1.807, 2.05) is 13.0 Å². The Hall–Kier alpha value is -1.09. The first-order valence-electron chi connectivity index (χ1n) is 6.58. The lowest BCUT2D eigenvalue weighted by molar-refractivity contribution is 0.130. The molecule has 1 aliphatic rings. The van der Waals surface area contributed by atoms with Crippen LogP contribution in [-0.2, 0) is 0 Å². The molecule has 1 aliphatic carbocycles. The number of nitrogens with zero attached hydrogens (tertiary/aromatic N) is 1. The maximum Gasteiger partial charge on any atom is 0.137 e. The molecule has 1 aromatic heterocycles. The Morgan fingerprint density at radius 3 is 2.39 bits per heavy atom. The van der Waals surface area contributed by atoms with Crippen molar-refractivity contribution in [1.29, 1.82) is 0 Å². The molecule has 1 atom stereocenters. The molecule has 1 unspecified atom stereocenters. The molecule has 0 aliphatic heterocycles. The van der Waals surface area contributed by atoms with E-state index in [-0.39, 0.29) is 16.7 Å². The summed E-state index contributed by atoms with van der Waals surface area (Å²) < 4.78 is 5.43. The normalized spacial score (nSPS) is 22.6. The number of hydrogen-bond acceptors (Lipinski definition) is 3. The third-order valence-corrected chi connectivity index (χ3v) is 4.83. The molecule has 3 nitrogen and oxygen atoms in total. The van der Waals surface area contributed by atoms with Gasteiger partial charge in [0.25, 0.3) is 0 Å². The highest BCUT2D eigenvalue weighted by Crippen LogP contribution is 2.72. The predicted molar refractivity (Wildman–Crippen MR) is 71.4 cm³/mol. The second-order valence-corrected chi connectivity index (χ2v) is 6.25. The number of pyridine rings is 1. The molecular formula is C15H23NO2. The minimum absolute atomic E-state index is 0.161. The fraction of sp³-hybridized carbons (Fsp3) is 0.667. The van der Waals surface area contributed by atoms with Gasteiger partial charge >= 0.3 is 0 Å². The maximum atomic E-state index is 10.5. The number of hydrogen-bond donors (Lipinski definition) is 1. The van der Waals surface area contributed by atoms with Gasteiger partial charge in [-0.1, -0.05) is 27.7 Å². The smallest absolute Gasteiger partial charge is 0.137 e. The monoisotopic (exact) mass is 249 g/mol. The number of rotatable bonds is 4. The molecule has 1 heterocycles. The first-order chi connectivity index (χ1) is 8.32. The van der Waals surface area contributed by atoms with Gasteiger partial charge < -0.3 is 9.84 Å². The summed E-state index contributed by atoms with van der Waals surface area (Å²) in [4.78, 5) is 4.15. The van der Waals surface area contributed by atoms with E-state index in [9.17, 15) is 5.11 Å². The summed E-state index contributed by atoms with van der Waals surface area (Å²) in [6, 6.07) is 1.89. The fourth-order valence-corrected chi connectivity index (χ4v) is 3.07. The van der Waals surface area contributed by atoms with E-state index in [0.29, 0.717) is 6.61 Å². The van der Waals surface area contributed by atoms with E-state index in [1.54, 1.807) is 12.4 Å². The van der Waals surface area contributed by atoms with Crippen molar-refractivity contribution in [2.45, 2.75) is 40.7 Å². The highest BCUT2D eigenvalue weighted by molar-refractivity contribution is 5.29. The Morgan fingerprint density at radius 1 is 1.28 bits per heavy atom. The van der Waals surface area contributed by atoms with Gasteiger partial charge in [0.1, 0.15) is 5.75 Å². The molecule has 1 aromatic rings. The first kappa shape index (κ1) is 13.3. The summed E-state index contributed by atoms with van der Waals surface area (Å²) in [5.74, 6) is 0.994. The van der Waals surface area contributed by atoms with Crippen molar-refractivity contribution in [3.8, 4) is 5.75 Å². The quantitative estimate of drug-likeness (QED) is 0.891. The van der Waals surface area contributed by atoms with Crippen LogP contribution in [0.15, 0.2) is 18.5 Å². The number of aliphatic hydroxyl groups is 1. The van der Waals surface area contributed by atoms with Gasteiger partial charge in [-0.15, -0.1) is 0 Å². The van der Waals surface area contributed by atoms with Gasteiger partial charge in [-0.25, -0.2) is 0 Å². The van der Waals surface area contributed by atoms with Crippen LogP contribution in [0.2, 0.25) is 0 Å². The molecule has 1 saturated carbocycles. The van der Waals surface area contributed by atoms with Crippen LogP contribution in [0.25, 0.3) is 0 Å². The van der Waals surface area contributed by atoms with Crippen molar-refractivity contribution in [2.75, 3.05) is 6.61 Å². The summed E-state index contributed by atoms with van der Waals surface area (Å²) in [6.45, 7) is 11.4. The first-order valence-corrected chi connectivity index (χ1v) is 6.58. The molecule has 0 aromatic carbocycles. The fourth-order valence-electron chi connectivity index (χ4n) is 3.07. The van der Waals surface area contributed by atoms with Crippen LogP contribution in [-0.4, -0.2) is 16.7 Å². The van der Waals surface area contributed by atoms with Gasteiger partial charge in [-0.05, 0) is 23.8 Å². The second kappa shape index (κ2) is 4.23. The number of aliphatic hydroxyl groups excluding tert-OH is 1. The standard InChI is InChI=1S/C15H23NO2/c1-6-18-11-7-10(8-16-9-11)12(17)13-14(2,3)15(13,4)5/h7-9,12-13,17H,6H2,1-5H3. The van der Waals surface area contributed by atoms with E-state index >= 15 is 0 Å². The molecule has 0 spiro atoms. The van der Waals surface area contributed by atoms with E-state index < -0.39 is 6.10 Å². The minimum atomic E-state index is -0.470. The van der Waals surface area contributed by atoms with Crippen molar-refractivity contribution in [2.24, 2.45) is 16.7 Å². The lowest BCUT2D eigenvalue weighted by atomic mass is 10.0. The van der Waals surface area contributed by atoms with Gasteiger partial charge in [0, 0.05) is 17.7 Å². The zero-order chi connectivity index (χ0) is 13.6. The maximum absolute atomic E-state index is 10.5. The topological polar surface area (TPSA) is 42.4 Å². The van der Waals surface area contributed by atoms with Gasteiger partial charge in [-0.3, -0.25) is 4.98 Å². The van der Waals surface area contributed by atoms with Gasteiger partial charge in [0.15, 0.2) is 0 Å². The van der Waals surface area contributed by atoms with E-state index in [4.69, 9.17) is 4.74 Å². The molecule has 18 heavy (non-hydrogen) atoms. The lowest BCUT2D eigenvalue weighted by Gasteiger charge is -2.14. The van der Waals surface area contributed by atoms with Crippen molar-refractivity contribution in [3.05, 3.63) is 24.0 Å². The van der Waals surface area contributed by atoms with Crippen LogP contribution in [0.5, 0.6) is 5.75 Å². The van der Waals surface area contributed by atoms with Crippen LogP contribution < -0.4 is 4.74 Å². The van der Waals surface area contributed by atoms with Crippen molar-refractivity contribution in [3.63, 3.8) is 0 Å². The third-order valence-electron chi connectivity index (χ3n) is 4.83. The summed E-state index contributed by atoms with van der Waals surface area (Å²) in [7, 11) is 0. The number of ether oxygens (including phenoxy) is 1. The summed E-state index contributed by atoms with van der Waals surface area (Å²) in [5.41, 5.74) is 1.17. The highest BCUT2D eigenvalue weighted by atomic mass is 16.5. The Bertz CT molecular complexity index is 426. The van der Waals surface area contributed by atoms with Crippen molar-refractivity contribution < 1.29 is 9.84 Å². The summed E-state index contributed by atoms with van der Waals surface area (Å²) in [5, 5.41) is 10.5. The molecule has 0 bridgehead atoms. The summed E-state index contributed by atoms with van der Waals surface area (Å²) >= 11 is 0. The molecule has 0 amide bonds. The molecule has 2 rings (SSSR count). The average Bonchev–Trinajstić information content (AvgIpc) is 2.69. The van der Waals surface area contributed by atoms with Crippen molar-refractivity contribution in [1.82, 2.24) is 4.98 Å². The Balaban J connectivity index is 2.20. The Kier molecular flexibility index (Phi) is 3.14. The van der Waals surface area contributed by atoms with Crippen LogP contribution in [0, 0.1) is 16.7 Å². The predicted octanol–water partition coefficient (Wildman–Crippen LogP) is 3.20. The summed E-state index contributed by atoms with van der Waals surface area (Å²) in [6.07, 6.45) is 2.95.